The molecule has 0 aromatic heterocycles. The van der Waals surface area contributed by atoms with Gasteiger partial charge in [0.15, 0.2) is 11.6 Å². The predicted molar refractivity (Wildman–Crippen MR) is 452 cm³/mol. The van der Waals surface area contributed by atoms with Crippen molar-refractivity contribution in [2.24, 2.45) is 0 Å². The second-order valence-electron chi connectivity index (χ2n) is 34.2. The van der Waals surface area contributed by atoms with Gasteiger partial charge in [0.25, 0.3) is 0 Å². The first-order chi connectivity index (χ1) is 54.2. The largest absolute Gasteiger partial charge is 0.392 e. The van der Waals surface area contributed by atoms with E-state index in [1.54, 1.807) is 6.08 Å². The average molecular weight is 1700 g/mol. The Balaban J connectivity index is 0.000000146. The summed E-state index contributed by atoms with van der Waals surface area (Å²) in [5.74, 6) is -1.07. The van der Waals surface area contributed by atoms with Crippen LogP contribution < -0.4 is 0 Å². The van der Waals surface area contributed by atoms with E-state index < -0.39 is 67.8 Å². The van der Waals surface area contributed by atoms with Crippen molar-refractivity contribution in [3.63, 3.8) is 0 Å². The lowest BCUT2D eigenvalue weighted by Crippen LogP contribution is -2.57. The third kappa shape index (κ3) is 22.2. The van der Waals surface area contributed by atoms with Crippen molar-refractivity contribution in [3.8, 4) is 0 Å². The van der Waals surface area contributed by atoms with E-state index in [-0.39, 0.29) is 78.6 Å². The van der Waals surface area contributed by atoms with Gasteiger partial charge in [-0.2, -0.15) is 0 Å². The fourth-order valence-corrected chi connectivity index (χ4v) is 29.0. The smallest absolute Gasteiger partial charge is 0.344 e. The molecule has 0 radical (unpaired) electrons. The molecular weight excluding hydrogens is 1570 g/mol. The van der Waals surface area contributed by atoms with Crippen LogP contribution in [0.1, 0.15) is 166 Å². The minimum Gasteiger partial charge on any atom is -0.392 e. The Hall–Kier alpha value is -4.35. The van der Waals surface area contributed by atoms with E-state index >= 15 is 0 Å². The van der Waals surface area contributed by atoms with Crippen LogP contribution in [0.25, 0.3) is 0 Å². The van der Waals surface area contributed by atoms with Crippen LogP contribution in [0, 0.1) is 0 Å². The van der Waals surface area contributed by atoms with E-state index in [2.05, 4.69) is 149 Å². The Labute approximate surface area is 690 Å². The number of aliphatic hydroxyl groups is 6. The Bertz CT molecular complexity index is 3720. The van der Waals surface area contributed by atoms with Crippen molar-refractivity contribution in [1.29, 1.82) is 0 Å². The van der Waals surface area contributed by atoms with Gasteiger partial charge in [0.05, 0.1) is 88.2 Å². The standard InChI is InChI=1S/C19H27BrO3Si.C19H28O4Si.C17H22O3.C13H16O4.C12H22O3Si.C10H16O3/c2*1-13(2)24(14(3)4)22-12-16-10-17(18(20)19(16)23-24)21-11-15-8-6-5-7-9-15;1-4-13-10-14(16-15(13)19-17(2,3)20-16)18-11-12-8-6-5-7-9-12;14-7-10-6-11(13(16)12(10)15)17-8-9-4-2-1-3-5-9;1-8(2)16(9(3)4)14-7-10-5-11(13)6-12(10)15-16;1-4-6-5-7(11)9-8(6)12-10(2,3)13-9/h5-10,13-14,17-19H,11-12H2,1-4H3;5-10,13-14,17-20H,11-12H2,1-4H3;5-10,14-16H,4,11H2,1-3H3;1-6,11-16H,7-8H2;5,8-9,11-13H,6-7H2,1-4H3;5,7-9,11H,4H2,1-3H3/t2*17-,18?,19-;14-,15-,16?;11-,12-,13?;11-,12-;7-,8+,9?/m000011/s1. The van der Waals surface area contributed by atoms with E-state index in [9.17, 15) is 25.5 Å². The number of ether oxygens (including phenoxy) is 8. The molecule has 0 saturated carbocycles. The molecule has 5 heterocycles. The lowest BCUT2D eigenvalue weighted by molar-refractivity contribution is -0.157. The first-order valence-corrected chi connectivity index (χ1v) is 48.2. The van der Waals surface area contributed by atoms with Gasteiger partial charge in [0, 0.05) is 6.42 Å². The molecule has 11 aliphatic rings. The monoisotopic (exact) mass is 1690 g/mol. The van der Waals surface area contributed by atoms with Gasteiger partial charge < -0.3 is 95.1 Å². The maximum atomic E-state index is 10.7. The molecule has 15 rings (SSSR count). The van der Waals surface area contributed by atoms with Gasteiger partial charge >= 0.3 is 25.7 Å². The molecule has 4 aromatic carbocycles. The number of fused-ring (bicyclic) bond motifs is 5. The minimum atomic E-state index is -2.34. The maximum Gasteiger partial charge on any atom is 0.344 e. The fourth-order valence-electron chi connectivity index (χ4n) is 17.0. The van der Waals surface area contributed by atoms with E-state index in [4.69, 9.17) is 69.6 Å². The van der Waals surface area contributed by atoms with Crippen molar-refractivity contribution in [2.45, 2.75) is 318 Å². The van der Waals surface area contributed by atoms with Crippen molar-refractivity contribution < 1.29 is 95.1 Å². The Morgan fingerprint density at radius 3 is 1.19 bits per heavy atom. The summed E-state index contributed by atoms with van der Waals surface area (Å²) in [6, 6.07) is 40.1. The van der Waals surface area contributed by atoms with Crippen LogP contribution in [0.2, 0.25) is 33.2 Å². The summed E-state index contributed by atoms with van der Waals surface area (Å²) in [4.78, 5) is 0.157. The summed E-state index contributed by atoms with van der Waals surface area (Å²) in [5.41, 5.74) is 13.2. The highest BCUT2D eigenvalue weighted by molar-refractivity contribution is 9.09. The molecule has 6 N–H and O–H groups in total. The van der Waals surface area contributed by atoms with E-state index in [0.29, 0.717) is 91.5 Å². The van der Waals surface area contributed by atoms with E-state index in [1.165, 1.54) is 22.3 Å². The third-order valence-corrected chi connectivity index (χ3v) is 37.5. The molecule has 630 valence electrons. The second-order valence-corrected chi connectivity index (χ2v) is 48.1. The molecule has 6 aliphatic carbocycles. The minimum absolute atomic E-state index is 0.0105. The van der Waals surface area contributed by atoms with E-state index in [0.717, 1.165) is 40.7 Å². The highest BCUT2D eigenvalue weighted by Crippen LogP contribution is 2.48. The molecule has 4 aromatic rings. The molecule has 5 saturated heterocycles. The number of halogens is 1. The molecule has 5 fully saturated rings. The molecular formula is C90H131BrO20Si3. The predicted octanol–water partition coefficient (Wildman–Crippen LogP) is 15.7. The summed E-state index contributed by atoms with van der Waals surface area (Å²) >= 11 is 3.83. The summed E-state index contributed by atoms with van der Waals surface area (Å²) in [6.07, 6.45) is 9.60. The van der Waals surface area contributed by atoms with Crippen molar-refractivity contribution in [2.75, 3.05) is 26.4 Å². The lowest BCUT2D eigenvalue weighted by Gasteiger charge is -2.44. The highest BCUT2D eigenvalue weighted by Gasteiger charge is 2.57. The number of alkyl halides is 1. The zero-order chi connectivity index (χ0) is 82.6. The molecule has 24 heteroatoms. The topological polar surface area (TPSA) is 251 Å². The second kappa shape index (κ2) is 40.8. The number of hydrogen-bond donors (Lipinski definition) is 6. The number of hydrogen-bond acceptors (Lipinski definition) is 20. The van der Waals surface area contributed by atoms with Crippen LogP contribution in [0.4, 0.5) is 0 Å². The summed E-state index contributed by atoms with van der Waals surface area (Å²) in [6.45, 7) is 41.9. The quantitative estimate of drug-likeness (QED) is 0.0258. The van der Waals surface area contributed by atoms with Gasteiger partial charge in [-0.1, -0.05) is 258 Å². The average Bonchev–Trinajstić information content (AvgIpc) is 1.55. The zero-order valence-electron chi connectivity index (χ0n) is 70.3. The molecule has 17 atom stereocenters. The molecule has 5 aliphatic heterocycles. The molecule has 0 amide bonds. The van der Waals surface area contributed by atoms with Crippen molar-refractivity contribution in [1.82, 2.24) is 0 Å². The summed E-state index contributed by atoms with van der Waals surface area (Å²) in [7, 11) is -6.65. The van der Waals surface area contributed by atoms with Gasteiger partial charge in [0.2, 0.25) is 0 Å². The molecule has 5 unspecified atom stereocenters. The van der Waals surface area contributed by atoms with Crippen LogP contribution in [-0.4, -0.2) is 197 Å². The first kappa shape index (κ1) is 91.9. The highest BCUT2D eigenvalue weighted by atomic mass is 79.9. The number of rotatable bonds is 21. The fraction of sp³-hybridized carbons (Fsp3) is 0.600. The van der Waals surface area contributed by atoms with Crippen LogP contribution >= 0.6 is 15.9 Å². The van der Waals surface area contributed by atoms with Crippen molar-refractivity contribution >= 4 is 41.6 Å². The Morgan fingerprint density at radius 2 is 0.763 bits per heavy atom. The molecule has 0 spiro atoms. The molecule has 114 heavy (non-hydrogen) atoms. The van der Waals surface area contributed by atoms with Crippen LogP contribution in [0.3, 0.4) is 0 Å². The first-order valence-electron chi connectivity index (χ1n) is 41.3. The lowest BCUT2D eigenvalue weighted by atomic mass is 10.1. The van der Waals surface area contributed by atoms with Crippen LogP contribution in [-0.2, 0) is 90.9 Å². The summed E-state index contributed by atoms with van der Waals surface area (Å²) in [5, 5.41) is 58.2. The third-order valence-electron chi connectivity index (χ3n) is 23.2. The summed E-state index contributed by atoms with van der Waals surface area (Å²) < 4.78 is 84.9. The molecule has 20 nitrogen and oxygen atoms in total. The maximum absolute atomic E-state index is 10.7. The number of benzene rings is 4. The molecule has 0 bridgehead atoms. The van der Waals surface area contributed by atoms with E-state index in [1.807, 2.05) is 143 Å². The Morgan fingerprint density at radius 1 is 0.404 bits per heavy atom. The normalized spacial score (nSPS) is 31.3. The SMILES string of the molecule is CC(C)[Si]1(C(C)C)OCC2=C[C@@H](O)C[C@H]2O1.CC(C)[Si]1(C(C)C)OCC2=C[C@H](OCc3ccccc3)C(Br)[C@H]2O1.CC(C)[Si]1(C(C)C)OCC2=C[C@H](OCc3ccccc3)C(O)[C@H]2O1.CCC1=C[C@@H](O)C2OC(C)(C)O[C@@H]12.CCC1=C[C@H](OCc2ccccc2)C2OC(C)(C)O[C@@H]12.OCC1=C[C@H](OCc2ccccc2)C(O)[C@H]1O. The van der Waals surface area contributed by atoms with Gasteiger partial charge in [0.1, 0.15) is 67.1 Å². The van der Waals surface area contributed by atoms with Gasteiger partial charge in [-0.15, -0.1) is 0 Å². The number of aliphatic hydroxyl groups excluding tert-OH is 6. The van der Waals surface area contributed by atoms with Crippen molar-refractivity contribution in [3.05, 3.63) is 213 Å². The van der Waals surface area contributed by atoms with Gasteiger partial charge in [-0.25, -0.2) is 0 Å². The van der Waals surface area contributed by atoms with Gasteiger partial charge in [-0.3, -0.25) is 0 Å². The van der Waals surface area contributed by atoms with Crippen LogP contribution in [0.15, 0.2) is 191 Å². The van der Waals surface area contributed by atoms with Gasteiger partial charge in [-0.05, 0) is 142 Å². The zero-order valence-corrected chi connectivity index (χ0v) is 74.9. The Kier molecular flexibility index (Phi) is 32.9. The van der Waals surface area contributed by atoms with Crippen LogP contribution in [0.5, 0.6) is 0 Å².